The summed E-state index contributed by atoms with van der Waals surface area (Å²) < 4.78 is 9.74. The number of carbonyl (C=O) groups is 3. The molecule has 1 N–H and O–H groups in total. The van der Waals surface area contributed by atoms with E-state index in [1.54, 1.807) is 42.4 Å². The third-order valence-electron chi connectivity index (χ3n) is 4.72. The van der Waals surface area contributed by atoms with Crippen LogP contribution in [0.4, 0.5) is 5.69 Å². The van der Waals surface area contributed by atoms with Crippen LogP contribution in [-0.2, 0) is 19.1 Å². The number of methoxy groups -OCH3 is 2. The molecule has 31 heavy (non-hydrogen) atoms. The molecule has 1 aliphatic heterocycles. The monoisotopic (exact) mass is 418 g/mol. The molecule has 7 nitrogen and oxygen atoms in total. The van der Waals surface area contributed by atoms with Gasteiger partial charge >= 0.3 is 11.9 Å². The largest absolute Gasteiger partial charge is 0.465 e. The van der Waals surface area contributed by atoms with E-state index in [-0.39, 0.29) is 17.2 Å². The summed E-state index contributed by atoms with van der Waals surface area (Å²) in [6.45, 7) is 0. The highest BCUT2D eigenvalue weighted by Crippen LogP contribution is 2.29. The van der Waals surface area contributed by atoms with Crippen LogP contribution < -0.4 is 10.2 Å². The van der Waals surface area contributed by atoms with Crippen molar-refractivity contribution in [1.82, 2.24) is 5.32 Å². The summed E-state index contributed by atoms with van der Waals surface area (Å²) in [6.07, 6.45) is 6.53. The minimum atomic E-state index is -0.668. The minimum Gasteiger partial charge on any atom is -0.465 e. The van der Waals surface area contributed by atoms with Gasteiger partial charge in [-0.25, -0.2) is 9.59 Å². The highest BCUT2D eigenvalue weighted by atomic mass is 16.5. The number of benzene rings is 2. The van der Waals surface area contributed by atoms with Crippen LogP contribution in [0.2, 0.25) is 0 Å². The zero-order valence-corrected chi connectivity index (χ0v) is 17.4. The number of hydrogen-bond donors (Lipinski definition) is 1. The van der Waals surface area contributed by atoms with Crippen molar-refractivity contribution in [3.05, 3.63) is 89.8 Å². The van der Waals surface area contributed by atoms with E-state index in [4.69, 9.17) is 9.47 Å². The number of amides is 1. The molecule has 1 heterocycles. The molecule has 0 spiro atoms. The maximum absolute atomic E-state index is 12.5. The van der Waals surface area contributed by atoms with E-state index in [9.17, 15) is 14.4 Å². The van der Waals surface area contributed by atoms with Gasteiger partial charge in [0.25, 0.3) is 5.91 Å². The Bertz CT molecular complexity index is 1100. The van der Waals surface area contributed by atoms with Gasteiger partial charge in [0.15, 0.2) is 0 Å². The fourth-order valence-corrected chi connectivity index (χ4v) is 3.16. The summed E-state index contributed by atoms with van der Waals surface area (Å²) in [4.78, 5) is 38.3. The summed E-state index contributed by atoms with van der Waals surface area (Å²) >= 11 is 0. The van der Waals surface area contributed by atoms with Crippen molar-refractivity contribution >= 4 is 23.5 Å². The average Bonchev–Trinajstić information content (AvgIpc) is 3.05. The number of nitrogens with one attached hydrogen (secondary N) is 1. The van der Waals surface area contributed by atoms with Crippen LogP contribution in [-0.4, -0.2) is 39.1 Å². The number of allylic oxidation sites excluding steroid dienone is 2. The lowest BCUT2D eigenvalue weighted by atomic mass is 10.0. The van der Waals surface area contributed by atoms with Crippen molar-refractivity contribution in [2.75, 3.05) is 26.2 Å². The summed E-state index contributed by atoms with van der Waals surface area (Å²) in [6, 6.07) is 14.6. The highest BCUT2D eigenvalue weighted by Gasteiger charge is 2.27. The SMILES string of the molecule is CNC(=O)c1cccc(-c2ccc(N3C=CC=CC(C(=O)OC)=C3C(=O)OC)cc2)c1. The number of anilines is 1. The first-order valence-corrected chi connectivity index (χ1v) is 9.47. The summed E-state index contributed by atoms with van der Waals surface area (Å²) in [5, 5.41) is 2.61. The van der Waals surface area contributed by atoms with Gasteiger partial charge in [-0.3, -0.25) is 4.79 Å². The van der Waals surface area contributed by atoms with E-state index >= 15 is 0 Å². The number of carbonyl (C=O) groups excluding carboxylic acids is 3. The second-order valence-corrected chi connectivity index (χ2v) is 6.52. The van der Waals surface area contributed by atoms with Crippen molar-refractivity contribution < 1.29 is 23.9 Å². The first kappa shape index (κ1) is 21.6. The van der Waals surface area contributed by atoms with Crippen LogP contribution in [0.1, 0.15) is 10.4 Å². The molecular weight excluding hydrogens is 396 g/mol. The molecule has 1 amide bonds. The Hall–Kier alpha value is -4.13. The molecule has 0 aliphatic carbocycles. The van der Waals surface area contributed by atoms with E-state index in [1.165, 1.54) is 20.3 Å². The molecule has 0 fully saturated rings. The Morgan fingerprint density at radius 1 is 0.871 bits per heavy atom. The van der Waals surface area contributed by atoms with Crippen LogP contribution in [0.15, 0.2) is 84.2 Å². The Morgan fingerprint density at radius 2 is 1.58 bits per heavy atom. The van der Waals surface area contributed by atoms with Crippen molar-refractivity contribution in [2.24, 2.45) is 0 Å². The molecule has 0 aromatic heterocycles. The van der Waals surface area contributed by atoms with Crippen LogP contribution in [0.5, 0.6) is 0 Å². The molecule has 0 saturated heterocycles. The topological polar surface area (TPSA) is 84.9 Å². The molecule has 158 valence electrons. The Labute approximate surface area is 180 Å². The number of esters is 2. The third-order valence-corrected chi connectivity index (χ3v) is 4.72. The Kier molecular flexibility index (Phi) is 6.67. The molecule has 3 rings (SSSR count). The molecule has 7 heteroatoms. The molecule has 2 aromatic rings. The maximum atomic E-state index is 12.5. The zero-order valence-electron chi connectivity index (χ0n) is 17.4. The number of nitrogens with zero attached hydrogens (tertiary/aromatic N) is 1. The molecule has 2 aromatic carbocycles. The predicted molar refractivity (Wildman–Crippen MR) is 117 cm³/mol. The van der Waals surface area contributed by atoms with Gasteiger partial charge in [0.2, 0.25) is 0 Å². The van der Waals surface area contributed by atoms with Crippen LogP contribution in [0.25, 0.3) is 11.1 Å². The highest BCUT2D eigenvalue weighted by molar-refractivity contribution is 6.05. The number of rotatable bonds is 5. The minimum absolute atomic E-state index is 0.0497. The van der Waals surface area contributed by atoms with E-state index in [0.717, 1.165) is 11.1 Å². The van der Waals surface area contributed by atoms with Gasteiger partial charge in [0.05, 0.1) is 19.8 Å². The van der Waals surface area contributed by atoms with Crippen LogP contribution in [0, 0.1) is 0 Å². The Balaban J connectivity index is 2.01. The maximum Gasteiger partial charge on any atom is 0.355 e. The predicted octanol–water partition coefficient (Wildman–Crippen LogP) is 3.20. The van der Waals surface area contributed by atoms with E-state index in [1.807, 2.05) is 36.4 Å². The fourth-order valence-electron chi connectivity index (χ4n) is 3.16. The van der Waals surface area contributed by atoms with Gasteiger partial charge in [-0.2, -0.15) is 0 Å². The van der Waals surface area contributed by atoms with Gasteiger partial charge in [-0.15, -0.1) is 0 Å². The van der Waals surface area contributed by atoms with Gasteiger partial charge in [-0.05, 0) is 47.5 Å². The number of hydrogen-bond acceptors (Lipinski definition) is 6. The smallest absolute Gasteiger partial charge is 0.355 e. The van der Waals surface area contributed by atoms with Gasteiger partial charge < -0.3 is 19.7 Å². The molecule has 0 bridgehead atoms. The summed E-state index contributed by atoms with van der Waals surface area (Å²) in [5.41, 5.74) is 3.11. The molecule has 1 aliphatic rings. The van der Waals surface area contributed by atoms with Gasteiger partial charge in [0, 0.05) is 24.5 Å². The summed E-state index contributed by atoms with van der Waals surface area (Å²) in [5.74, 6) is -1.48. The third kappa shape index (κ3) is 4.56. The number of ether oxygens (including phenoxy) is 2. The standard InChI is InChI=1S/C24H22N2O5/c1-25-22(27)18-8-6-7-17(15-18)16-10-12-19(13-11-16)26-14-5-4-9-20(23(28)30-2)21(26)24(29)31-3/h4-15H,1-3H3,(H,25,27). The van der Waals surface area contributed by atoms with Crippen molar-refractivity contribution in [2.45, 2.75) is 0 Å². The Morgan fingerprint density at radius 3 is 2.23 bits per heavy atom. The first-order valence-electron chi connectivity index (χ1n) is 9.47. The molecule has 0 unspecified atom stereocenters. The summed E-state index contributed by atoms with van der Waals surface area (Å²) in [7, 11) is 4.09. The molecular formula is C24H22N2O5. The zero-order chi connectivity index (χ0) is 22.4. The quantitative estimate of drug-likeness (QED) is 0.751. The van der Waals surface area contributed by atoms with Crippen LogP contribution >= 0.6 is 0 Å². The second-order valence-electron chi connectivity index (χ2n) is 6.52. The van der Waals surface area contributed by atoms with Crippen molar-refractivity contribution in [1.29, 1.82) is 0 Å². The molecule has 0 radical (unpaired) electrons. The lowest BCUT2D eigenvalue weighted by molar-refractivity contribution is -0.139. The van der Waals surface area contributed by atoms with Crippen molar-refractivity contribution in [3.63, 3.8) is 0 Å². The van der Waals surface area contributed by atoms with Crippen molar-refractivity contribution in [3.8, 4) is 11.1 Å². The van der Waals surface area contributed by atoms with Crippen LogP contribution in [0.3, 0.4) is 0 Å². The first-order chi connectivity index (χ1) is 15.0. The van der Waals surface area contributed by atoms with E-state index < -0.39 is 11.9 Å². The van der Waals surface area contributed by atoms with Gasteiger partial charge in [0.1, 0.15) is 5.70 Å². The lowest BCUT2D eigenvalue weighted by Crippen LogP contribution is -2.26. The van der Waals surface area contributed by atoms with E-state index in [2.05, 4.69) is 5.32 Å². The van der Waals surface area contributed by atoms with Gasteiger partial charge in [-0.1, -0.05) is 30.3 Å². The fraction of sp³-hybridized carbons (Fsp3) is 0.125. The second kappa shape index (κ2) is 9.58. The lowest BCUT2D eigenvalue weighted by Gasteiger charge is -2.23. The molecule has 0 atom stereocenters. The van der Waals surface area contributed by atoms with E-state index in [0.29, 0.717) is 11.3 Å². The molecule has 0 saturated carbocycles. The normalized spacial score (nSPS) is 12.9. The average molecular weight is 418 g/mol.